The second-order valence-electron chi connectivity index (χ2n) is 3.83. The Hall–Kier alpha value is -2.17. The molecule has 0 aromatic heterocycles. The molecule has 0 heterocycles. The number of rotatable bonds is 6. The lowest BCUT2D eigenvalue weighted by Crippen LogP contribution is -2.24. The predicted octanol–water partition coefficient (Wildman–Crippen LogP) is 0.344. The fourth-order valence-corrected chi connectivity index (χ4v) is 2.24. The van der Waals surface area contributed by atoms with Crippen LogP contribution in [0.3, 0.4) is 0 Å². The van der Waals surface area contributed by atoms with Gasteiger partial charge in [0.25, 0.3) is 0 Å². The van der Waals surface area contributed by atoms with Crippen molar-refractivity contribution in [2.45, 2.75) is 11.8 Å². The highest BCUT2D eigenvalue weighted by Crippen LogP contribution is 2.12. The van der Waals surface area contributed by atoms with Gasteiger partial charge >= 0.3 is 5.97 Å². The van der Waals surface area contributed by atoms with E-state index in [0.29, 0.717) is 0 Å². The van der Waals surface area contributed by atoms with Crippen LogP contribution in [0.25, 0.3) is 0 Å². The summed E-state index contributed by atoms with van der Waals surface area (Å²) in [6.07, 6.45) is 4.98. The van der Waals surface area contributed by atoms with Gasteiger partial charge in [-0.15, -0.1) is 6.42 Å². The van der Waals surface area contributed by atoms with Crippen molar-refractivity contribution < 1.29 is 22.7 Å². The third kappa shape index (κ3) is 4.50. The molecule has 0 aliphatic carbocycles. The number of benzene rings is 1. The van der Waals surface area contributed by atoms with E-state index in [-0.39, 0.29) is 29.4 Å². The lowest BCUT2D eigenvalue weighted by molar-refractivity contribution is -0.120. The summed E-state index contributed by atoms with van der Waals surface area (Å²) in [7, 11) is -3.78. The molecule has 0 aliphatic heterocycles. The lowest BCUT2D eigenvalue weighted by Gasteiger charge is -2.06. The Bertz CT molecular complexity index is 658. The van der Waals surface area contributed by atoms with E-state index < -0.39 is 16.0 Å². The van der Waals surface area contributed by atoms with Gasteiger partial charge in [0.05, 0.1) is 17.0 Å². The molecular formula is C13H13NO5S. The molecule has 20 heavy (non-hydrogen) atoms. The minimum Gasteiger partial charge on any atom is -0.454 e. The number of ether oxygens (including phenoxy) is 1. The van der Waals surface area contributed by atoms with Gasteiger partial charge in [-0.3, -0.25) is 4.79 Å². The summed E-state index contributed by atoms with van der Waals surface area (Å²) in [6, 6.07) is 5.26. The molecule has 0 amide bonds. The number of sulfonamides is 1. The molecule has 0 atom stereocenters. The molecule has 1 rings (SSSR count). The number of Topliss-reactive ketones (excluding diaryl/α,β-unsaturated/α-hetero) is 1. The van der Waals surface area contributed by atoms with Crippen molar-refractivity contribution in [2.24, 2.45) is 0 Å². The van der Waals surface area contributed by atoms with Crippen LogP contribution < -0.4 is 4.72 Å². The van der Waals surface area contributed by atoms with E-state index in [1.54, 1.807) is 0 Å². The zero-order valence-electron chi connectivity index (χ0n) is 10.8. The van der Waals surface area contributed by atoms with Gasteiger partial charge in [0, 0.05) is 0 Å². The Kier molecular flexibility index (Phi) is 5.43. The average Bonchev–Trinajstić information content (AvgIpc) is 2.42. The van der Waals surface area contributed by atoms with Crippen LogP contribution in [-0.4, -0.2) is 33.3 Å². The Morgan fingerprint density at radius 1 is 1.40 bits per heavy atom. The maximum absolute atomic E-state index is 11.8. The van der Waals surface area contributed by atoms with Crippen molar-refractivity contribution in [2.75, 3.05) is 13.2 Å². The summed E-state index contributed by atoms with van der Waals surface area (Å²) >= 11 is 0. The molecule has 7 heteroatoms. The van der Waals surface area contributed by atoms with Gasteiger partial charge in [0.2, 0.25) is 10.0 Å². The average molecular weight is 295 g/mol. The lowest BCUT2D eigenvalue weighted by atomic mass is 10.2. The van der Waals surface area contributed by atoms with Crippen LogP contribution in [0.1, 0.15) is 17.3 Å². The predicted molar refractivity (Wildman–Crippen MR) is 71.4 cm³/mol. The van der Waals surface area contributed by atoms with Gasteiger partial charge in [-0.1, -0.05) is 12.0 Å². The first-order valence-corrected chi connectivity index (χ1v) is 7.05. The zero-order valence-corrected chi connectivity index (χ0v) is 11.6. The number of hydrogen-bond acceptors (Lipinski definition) is 5. The first-order valence-electron chi connectivity index (χ1n) is 5.56. The minimum absolute atomic E-state index is 0.0369. The van der Waals surface area contributed by atoms with Crippen LogP contribution in [0.5, 0.6) is 0 Å². The number of carbonyl (C=O) groups is 2. The van der Waals surface area contributed by atoms with E-state index >= 15 is 0 Å². The summed E-state index contributed by atoms with van der Waals surface area (Å²) in [6.45, 7) is 0.768. The van der Waals surface area contributed by atoms with E-state index in [1.165, 1.54) is 25.1 Å². The number of hydrogen-bond donors (Lipinski definition) is 1. The van der Waals surface area contributed by atoms with Gasteiger partial charge in [-0.2, -0.15) is 4.72 Å². The van der Waals surface area contributed by atoms with E-state index in [2.05, 4.69) is 10.6 Å². The van der Waals surface area contributed by atoms with Crippen molar-refractivity contribution in [1.82, 2.24) is 4.72 Å². The highest BCUT2D eigenvalue weighted by atomic mass is 32.2. The fraction of sp³-hybridized carbons (Fsp3) is 0.231. The van der Waals surface area contributed by atoms with E-state index in [0.717, 1.165) is 6.07 Å². The SMILES string of the molecule is C#CCNS(=O)(=O)c1cccc(C(=O)OCC(C)=O)c1. The zero-order chi connectivity index (χ0) is 15.2. The molecule has 1 N–H and O–H groups in total. The number of ketones is 1. The van der Waals surface area contributed by atoms with Gasteiger partial charge in [-0.25, -0.2) is 13.2 Å². The molecule has 6 nitrogen and oxygen atoms in total. The van der Waals surface area contributed by atoms with Crippen molar-refractivity contribution in [3.8, 4) is 12.3 Å². The maximum atomic E-state index is 11.8. The number of carbonyl (C=O) groups excluding carboxylic acids is 2. The second kappa shape index (κ2) is 6.84. The fourth-order valence-electron chi connectivity index (χ4n) is 1.26. The van der Waals surface area contributed by atoms with E-state index in [9.17, 15) is 18.0 Å². The van der Waals surface area contributed by atoms with Crippen molar-refractivity contribution in [3.63, 3.8) is 0 Å². The highest BCUT2D eigenvalue weighted by molar-refractivity contribution is 7.89. The second-order valence-corrected chi connectivity index (χ2v) is 5.60. The van der Waals surface area contributed by atoms with Crippen LogP contribution in [0.15, 0.2) is 29.2 Å². The number of terminal acetylenes is 1. The molecule has 0 saturated heterocycles. The van der Waals surface area contributed by atoms with Gasteiger partial charge in [-0.05, 0) is 25.1 Å². The molecular weight excluding hydrogens is 282 g/mol. The summed E-state index contributed by atoms with van der Waals surface area (Å²) < 4.78 is 30.5. The number of nitrogens with one attached hydrogen (secondary N) is 1. The Morgan fingerprint density at radius 2 is 2.10 bits per heavy atom. The molecule has 0 unspecified atom stereocenters. The highest BCUT2D eigenvalue weighted by Gasteiger charge is 2.16. The summed E-state index contributed by atoms with van der Waals surface area (Å²) in [5, 5.41) is 0. The number of esters is 1. The molecule has 0 saturated carbocycles. The molecule has 0 bridgehead atoms. The maximum Gasteiger partial charge on any atom is 0.338 e. The first kappa shape index (κ1) is 15.9. The third-order valence-electron chi connectivity index (χ3n) is 2.15. The van der Waals surface area contributed by atoms with Crippen molar-refractivity contribution in [3.05, 3.63) is 29.8 Å². The van der Waals surface area contributed by atoms with E-state index in [4.69, 9.17) is 11.2 Å². The van der Waals surface area contributed by atoms with E-state index in [1.807, 2.05) is 0 Å². The normalized spacial score (nSPS) is 10.6. The van der Waals surface area contributed by atoms with Gasteiger partial charge in [0.15, 0.2) is 5.78 Å². The van der Waals surface area contributed by atoms with Crippen molar-refractivity contribution >= 4 is 21.8 Å². The molecule has 0 fully saturated rings. The van der Waals surface area contributed by atoms with Gasteiger partial charge < -0.3 is 4.74 Å². The summed E-state index contributed by atoms with van der Waals surface area (Å²) in [5.74, 6) is 1.07. The van der Waals surface area contributed by atoms with Crippen LogP contribution >= 0.6 is 0 Å². The monoisotopic (exact) mass is 295 g/mol. The van der Waals surface area contributed by atoms with Crippen LogP contribution in [0.2, 0.25) is 0 Å². The summed E-state index contributed by atoms with van der Waals surface area (Å²) in [5.41, 5.74) is 0.0369. The van der Waals surface area contributed by atoms with Crippen LogP contribution in [-0.2, 0) is 19.6 Å². The first-order chi connectivity index (χ1) is 9.36. The molecule has 106 valence electrons. The minimum atomic E-state index is -3.78. The molecule has 1 aromatic rings. The summed E-state index contributed by atoms with van der Waals surface area (Å²) in [4.78, 5) is 22.2. The van der Waals surface area contributed by atoms with Crippen LogP contribution in [0.4, 0.5) is 0 Å². The smallest absolute Gasteiger partial charge is 0.338 e. The largest absolute Gasteiger partial charge is 0.454 e. The quantitative estimate of drug-likeness (QED) is 0.604. The molecule has 1 aromatic carbocycles. The topological polar surface area (TPSA) is 89.5 Å². The van der Waals surface area contributed by atoms with Gasteiger partial charge in [0.1, 0.15) is 6.61 Å². The molecule has 0 spiro atoms. The van der Waals surface area contributed by atoms with Crippen LogP contribution in [0, 0.1) is 12.3 Å². The molecule has 0 aliphatic rings. The third-order valence-corrected chi connectivity index (χ3v) is 3.55. The standard InChI is InChI=1S/C13H13NO5S/c1-3-7-14-20(17,18)12-6-4-5-11(8-12)13(16)19-9-10(2)15/h1,4-6,8,14H,7,9H2,2H3. The molecule has 0 radical (unpaired) electrons. The Morgan fingerprint density at radius 3 is 2.70 bits per heavy atom. The Labute approximate surface area is 117 Å². The Balaban J connectivity index is 2.94. The van der Waals surface area contributed by atoms with Crippen molar-refractivity contribution in [1.29, 1.82) is 0 Å².